The zero-order valence-corrected chi connectivity index (χ0v) is 14.3. The molecule has 2 heterocycles. The molecule has 0 aliphatic carbocycles. The molecule has 24 heavy (non-hydrogen) atoms. The second-order valence-corrected chi connectivity index (χ2v) is 6.71. The molecule has 1 N–H and O–H groups in total. The van der Waals surface area contributed by atoms with Crippen molar-refractivity contribution in [2.75, 3.05) is 18.5 Å². The summed E-state index contributed by atoms with van der Waals surface area (Å²) in [6.07, 6.45) is 2.01. The average Bonchev–Trinajstić information content (AvgIpc) is 3.23. The number of nitrogens with one attached hydrogen (secondary N) is 1. The Morgan fingerprint density at radius 2 is 2.12 bits per heavy atom. The van der Waals surface area contributed by atoms with Crippen LogP contribution < -0.4 is 10.1 Å². The van der Waals surface area contributed by atoms with Crippen molar-refractivity contribution in [1.82, 2.24) is 4.90 Å². The van der Waals surface area contributed by atoms with Crippen LogP contribution >= 0.6 is 11.3 Å². The van der Waals surface area contributed by atoms with Crippen molar-refractivity contribution >= 4 is 28.8 Å². The van der Waals surface area contributed by atoms with E-state index in [0.29, 0.717) is 11.4 Å². The Balaban J connectivity index is 1.64. The fraction of sp³-hybridized carbons (Fsp3) is 0.333. The Kier molecular flexibility index (Phi) is 5.15. The number of likely N-dealkylation sites (tertiary alicyclic amines) is 1. The largest absolute Gasteiger partial charge is 0.482 e. The first kappa shape index (κ1) is 16.5. The van der Waals surface area contributed by atoms with Crippen LogP contribution in [-0.2, 0) is 9.59 Å². The summed E-state index contributed by atoms with van der Waals surface area (Å²) in [5.41, 5.74) is 0.578. The number of hydrogen-bond donors (Lipinski definition) is 1. The molecule has 6 heteroatoms. The summed E-state index contributed by atoms with van der Waals surface area (Å²) >= 11 is 1.68. The zero-order valence-electron chi connectivity index (χ0n) is 13.5. The fourth-order valence-corrected chi connectivity index (χ4v) is 3.82. The number of ether oxygens (including phenoxy) is 1. The Morgan fingerprint density at radius 1 is 1.29 bits per heavy atom. The molecule has 1 fully saturated rings. The van der Waals surface area contributed by atoms with E-state index in [1.165, 1.54) is 11.8 Å². The van der Waals surface area contributed by atoms with Gasteiger partial charge in [-0.05, 0) is 36.4 Å². The highest BCUT2D eigenvalue weighted by atomic mass is 32.1. The first-order valence-electron chi connectivity index (χ1n) is 7.97. The average molecular weight is 344 g/mol. The summed E-state index contributed by atoms with van der Waals surface area (Å²) in [5, 5.41) is 4.75. The molecule has 2 amide bonds. The zero-order chi connectivity index (χ0) is 16.9. The van der Waals surface area contributed by atoms with E-state index < -0.39 is 0 Å². The number of carbonyl (C=O) groups is 2. The fourth-order valence-electron chi connectivity index (χ4n) is 2.95. The van der Waals surface area contributed by atoms with Gasteiger partial charge in [0, 0.05) is 18.3 Å². The minimum atomic E-state index is -0.172. The Hall–Kier alpha value is -2.34. The van der Waals surface area contributed by atoms with E-state index in [9.17, 15) is 9.59 Å². The smallest absolute Gasteiger partial charge is 0.261 e. The SMILES string of the molecule is CC(=O)Nc1ccccc1OCC(=O)N1CCCC1c1cccs1. The van der Waals surface area contributed by atoms with Gasteiger partial charge in [-0.1, -0.05) is 18.2 Å². The van der Waals surface area contributed by atoms with Gasteiger partial charge < -0.3 is 15.0 Å². The summed E-state index contributed by atoms with van der Waals surface area (Å²) < 4.78 is 5.68. The Bertz CT molecular complexity index is 715. The van der Waals surface area contributed by atoms with E-state index >= 15 is 0 Å². The third kappa shape index (κ3) is 3.76. The van der Waals surface area contributed by atoms with Crippen LogP contribution in [0.4, 0.5) is 5.69 Å². The molecule has 0 spiro atoms. The molecule has 1 atom stereocenters. The molecule has 5 nitrogen and oxygen atoms in total. The maximum atomic E-state index is 12.6. The number of amides is 2. The predicted molar refractivity (Wildman–Crippen MR) is 94.2 cm³/mol. The van der Waals surface area contributed by atoms with Crippen molar-refractivity contribution in [3.8, 4) is 5.75 Å². The van der Waals surface area contributed by atoms with Crippen LogP contribution in [0.15, 0.2) is 41.8 Å². The molecule has 1 saturated heterocycles. The number of anilines is 1. The summed E-state index contributed by atoms with van der Waals surface area (Å²) in [6, 6.07) is 11.4. The molecule has 0 saturated carbocycles. The topological polar surface area (TPSA) is 58.6 Å². The van der Waals surface area contributed by atoms with Crippen molar-refractivity contribution in [2.24, 2.45) is 0 Å². The third-order valence-electron chi connectivity index (χ3n) is 3.99. The van der Waals surface area contributed by atoms with Gasteiger partial charge in [-0.3, -0.25) is 9.59 Å². The minimum absolute atomic E-state index is 0.0245. The van der Waals surface area contributed by atoms with E-state index in [1.54, 1.807) is 23.5 Å². The van der Waals surface area contributed by atoms with Gasteiger partial charge >= 0.3 is 0 Å². The van der Waals surface area contributed by atoms with Crippen molar-refractivity contribution in [2.45, 2.75) is 25.8 Å². The molecule has 0 radical (unpaired) electrons. The lowest BCUT2D eigenvalue weighted by Gasteiger charge is -2.24. The van der Waals surface area contributed by atoms with Crippen LogP contribution in [0.3, 0.4) is 0 Å². The number of benzene rings is 1. The van der Waals surface area contributed by atoms with Crippen LogP contribution in [0.2, 0.25) is 0 Å². The molecule has 3 rings (SSSR count). The maximum Gasteiger partial charge on any atom is 0.261 e. The second-order valence-electron chi connectivity index (χ2n) is 5.73. The van der Waals surface area contributed by atoms with Crippen LogP contribution in [0.1, 0.15) is 30.7 Å². The highest BCUT2D eigenvalue weighted by Crippen LogP contribution is 2.34. The first-order chi connectivity index (χ1) is 11.6. The summed E-state index contributed by atoms with van der Waals surface area (Å²) in [7, 11) is 0. The van der Waals surface area contributed by atoms with E-state index in [1.807, 2.05) is 28.5 Å². The number of rotatable bonds is 5. The van der Waals surface area contributed by atoms with Gasteiger partial charge in [0.05, 0.1) is 11.7 Å². The van der Waals surface area contributed by atoms with Crippen LogP contribution in [-0.4, -0.2) is 29.9 Å². The summed E-state index contributed by atoms with van der Waals surface area (Å²) in [6.45, 7) is 2.17. The Morgan fingerprint density at radius 3 is 2.88 bits per heavy atom. The van der Waals surface area contributed by atoms with Gasteiger partial charge in [0.15, 0.2) is 6.61 Å². The number of para-hydroxylation sites is 2. The van der Waals surface area contributed by atoms with Gasteiger partial charge in [-0.25, -0.2) is 0 Å². The molecule has 1 aliphatic rings. The van der Waals surface area contributed by atoms with Gasteiger partial charge in [0.1, 0.15) is 5.75 Å². The van der Waals surface area contributed by atoms with E-state index in [2.05, 4.69) is 11.4 Å². The van der Waals surface area contributed by atoms with Gasteiger partial charge in [0.25, 0.3) is 5.91 Å². The van der Waals surface area contributed by atoms with Crippen LogP contribution in [0.5, 0.6) is 5.75 Å². The molecule has 1 aromatic carbocycles. The van der Waals surface area contributed by atoms with E-state index in [-0.39, 0.29) is 24.5 Å². The quantitative estimate of drug-likeness (QED) is 0.904. The molecular weight excluding hydrogens is 324 g/mol. The summed E-state index contributed by atoms with van der Waals surface area (Å²) in [4.78, 5) is 26.9. The van der Waals surface area contributed by atoms with Crippen molar-refractivity contribution in [3.05, 3.63) is 46.7 Å². The van der Waals surface area contributed by atoms with Crippen LogP contribution in [0.25, 0.3) is 0 Å². The van der Waals surface area contributed by atoms with Crippen molar-refractivity contribution in [3.63, 3.8) is 0 Å². The maximum absolute atomic E-state index is 12.6. The predicted octanol–water partition coefficient (Wildman–Crippen LogP) is 3.45. The lowest BCUT2D eigenvalue weighted by atomic mass is 10.2. The standard InChI is InChI=1S/C18H20N2O3S/c1-13(21)19-14-6-2-3-8-16(14)23-12-18(22)20-10-4-7-15(20)17-9-5-11-24-17/h2-3,5-6,8-9,11,15H,4,7,10,12H2,1H3,(H,19,21). The van der Waals surface area contributed by atoms with E-state index in [4.69, 9.17) is 4.74 Å². The number of thiophene rings is 1. The van der Waals surface area contributed by atoms with Crippen molar-refractivity contribution in [1.29, 1.82) is 0 Å². The molecule has 1 unspecified atom stereocenters. The van der Waals surface area contributed by atoms with Crippen LogP contribution in [0, 0.1) is 0 Å². The third-order valence-corrected chi connectivity index (χ3v) is 4.97. The highest BCUT2D eigenvalue weighted by Gasteiger charge is 2.30. The molecular formula is C18H20N2O3S. The van der Waals surface area contributed by atoms with Gasteiger partial charge in [0.2, 0.25) is 5.91 Å². The monoisotopic (exact) mass is 344 g/mol. The first-order valence-corrected chi connectivity index (χ1v) is 8.85. The molecule has 1 aromatic heterocycles. The van der Waals surface area contributed by atoms with Gasteiger partial charge in [-0.2, -0.15) is 0 Å². The molecule has 1 aliphatic heterocycles. The normalized spacial score (nSPS) is 16.9. The highest BCUT2D eigenvalue weighted by molar-refractivity contribution is 7.10. The Labute approximate surface area is 145 Å². The molecule has 2 aromatic rings. The number of carbonyl (C=O) groups excluding carboxylic acids is 2. The number of hydrogen-bond acceptors (Lipinski definition) is 4. The molecule has 0 bridgehead atoms. The molecule has 126 valence electrons. The van der Waals surface area contributed by atoms with Gasteiger partial charge in [-0.15, -0.1) is 11.3 Å². The van der Waals surface area contributed by atoms with E-state index in [0.717, 1.165) is 19.4 Å². The lowest BCUT2D eigenvalue weighted by Crippen LogP contribution is -2.34. The number of nitrogens with zero attached hydrogens (tertiary/aromatic N) is 1. The lowest BCUT2D eigenvalue weighted by molar-refractivity contribution is -0.134. The minimum Gasteiger partial charge on any atom is -0.482 e. The summed E-state index contributed by atoms with van der Waals surface area (Å²) in [5.74, 6) is 0.311. The van der Waals surface area contributed by atoms with Crippen molar-refractivity contribution < 1.29 is 14.3 Å². The second kappa shape index (κ2) is 7.49.